The summed E-state index contributed by atoms with van der Waals surface area (Å²) in [5.41, 5.74) is 2.25. The molecule has 1 aromatic heterocycles. The van der Waals surface area contributed by atoms with Gasteiger partial charge in [0.2, 0.25) is 5.28 Å². The fourth-order valence-electron chi connectivity index (χ4n) is 2.30. The van der Waals surface area contributed by atoms with Crippen LogP contribution in [0.2, 0.25) is 5.28 Å². The van der Waals surface area contributed by atoms with E-state index in [0.29, 0.717) is 5.82 Å². The number of nitrogens with one attached hydrogen (secondary N) is 1. The van der Waals surface area contributed by atoms with E-state index in [2.05, 4.69) is 60.4 Å². The fraction of sp³-hybridized carbons (Fsp3) is 0.286. The number of aromatic nitrogens is 2. The largest absolute Gasteiger partial charge is 0.372 e. The molecular weight excluding hydrogens is 340 g/mol. The molecule has 0 bridgehead atoms. The Bertz CT molecular complexity index is 597. The SMILES string of the molecule is Clc1ncc(Br)c(Nc2ccc(N3CCCC3)cc2)n1. The molecular formula is C14H14BrClN4. The van der Waals surface area contributed by atoms with Gasteiger partial charge in [-0.1, -0.05) is 0 Å². The van der Waals surface area contributed by atoms with Crippen molar-refractivity contribution in [1.82, 2.24) is 9.97 Å². The maximum absolute atomic E-state index is 5.80. The summed E-state index contributed by atoms with van der Waals surface area (Å²) >= 11 is 9.21. The summed E-state index contributed by atoms with van der Waals surface area (Å²) in [6.45, 7) is 2.31. The van der Waals surface area contributed by atoms with Gasteiger partial charge in [0.1, 0.15) is 5.82 Å². The number of anilines is 3. The zero-order chi connectivity index (χ0) is 13.9. The van der Waals surface area contributed by atoms with Crippen molar-refractivity contribution in [2.45, 2.75) is 12.8 Å². The van der Waals surface area contributed by atoms with Crippen LogP contribution in [0.5, 0.6) is 0 Å². The third kappa shape index (κ3) is 3.04. The Labute approximate surface area is 131 Å². The summed E-state index contributed by atoms with van der Waals surface area (Å²) in [5, 5.41) is 3.46. The summed E-state index contributed by atoms with van der Waals surface area (Å²) < 4.78 is 0.783. The van der Waals surface area contributed by atoms with Crippen LogP contribution in [0.1, 0.15) is 12.8 Å². The zero-order valence-electron chi connectivity index (χ0n) is 10.8. The first-order valence-corrected chi connectivity index (χ1v) is 7.69. The predicted molar refractivity (Wildman–Crippen MR) is 85.9 cm³/mol. The van der Waals surface area contributed by atoms with E-state index in [4.69, 9.17) is 11.6 Å². The van der Waals surface area contributed by atoms with Gasteiger partial charge in [-0.2, -0.15) is 4.98 Å². The van der Waals surface area contributed by atoms with Crippen molar-refractivity contribution < 1.29 is 0 Å². The molecule has 0 atom stereocenters. The molecule has 1 aromatic carbocycles. The molecule has 1 aliphatic rings. The van der Waals surface area contributed by atoms with Crippen LogP contribution in [-0.2, 0) is 0 Å². The Morgan fingerprint density at radius 2 is 1.85 bits per heavy atom. The topological polar surface area (TPSA) is 41.1 Å². The molecule has 0 amide bonds. The second-order valence-corrected chi connectivity index (χ2v) is 5.89. The number of rotatable bonds is 3. The van der Waals surface area contributed by atoms with Gasteiger partial charge in [-0.05, 0) is 64.6 Å². The quantitative estimate of drug-likeness (QED) is 0.838. The summed E-state index contributed by atoms with van der Waals surface area (Å²) in [5.74, 6) is 0.666. The summed E-state index contributed by atoms with van der Waals surface area (Å²) in [6.07, 6.45) is 4.20. The van der Waals surface area contributed by atoms with Crippen molar-refractivity contribution in [3.63, 3.8) is 0 Å². The molecule has 3 rings (SSSR count). The lowest BCUT2D eigenvalue weighted by Crippen LogP contribution is -2.17. The van der Waals surface area contributed by atoms with Gasteiger partial charge >= 0.3 is 0 Å². The molecule has 1 aliphatic heterocycles. The molecule has 20 heavy (non-hydrogen) atoms. The van der Waals surface area contributed by atoms with Crippen LogP contribution in [0.4, 0.5) is 17.2 Å². The Kier molecular flexibility index (Phi) is 4.08. The molecule has 104 valence electrons. The monoisotopic (exact) mass is 352 g/mol. The van der Waals surface area contributed by atoms with Crippen molar-refractivity contribution in [3.05, 3.63) is 40.2 Å². The molecule has 1 saturated heterocycles. The van der Waals surface area contributed by atoms with Crippen molar-refractivity contribution in [3.8, 4) is 0 Å². The van der Waals surface area contributed by atoms with E-state index in [9.17, 15) is 0 Å². The molecule has 1 fully saturated rings. The maximum atomic E-state index is 5.80. The van der Waals surface area contributed by atoms with Crippen LogP contribution in [0.15, 0.2) is 34.9 Å². The Morgan fingerprint density at radius 3 is 2.55 bits per heavy atom. The molecule has 0 aliphatic carbocycles. The first-order chi connectivity index (χ1) is 9.72. The highest BCUT2D eigenvalue weighted by molar-refractivity contribution is 9.10. The smallest absolute Gasteiger partial charge is 0.224 e. The number of halogens is 2. The minimum Gasteiger partial charge on any atom is -0.372 e. The van der Waals surface area contributed by atoms with Crippen LogP contribution in [-0.4, -0.2) is 23.1 Å². The van der Waals surface area contributed by atoms with E-state index < -0.39 is 0 Å². The Hall–Kier alpha value is -1.33. The summed E-state index contributed by atoms with van der Waals surface area (Å²) in [4.78, 5) is 10.5. The van der Waals surface area contributed by atoms with Crippen LogP contribution in [0.3, 0.4) is 0 Å². The van der Waals surface area contributed by atoms with Gasteiger partial charge in [0.25, 0.3) is 0 Å². The van der Waals surface area contributed by atoms with Gasteiger partial charge in [0.15, 0.2) is 0 Å². The highest BCUT2D eigenvalue weighted by Gasteiger charge is 2.12. The predicted octanol–water partition coefficient (Wildman–Crippen LogP) is 4.24. The third-order valence-corrected chi connectivity index (χ3v) is 4.08. The van der Waals surface area contributed by atoms with E-state index >= 15 is 0 Å². The molecule has 2 aromatic rings. The van der Waals surface area contributed by atoms with Crippen LogP contribution in [0.25, 0.3) is 0 Å². The molecule has 2 heterocycles. The Balaban J connectivity index is 1.76. The molecule has 6 heteroatoms. The Morgan fingerprint density at radius 1 is 1.15 bits per heavy atom. The van der Waals surface area contributed by atoms with E-state index in [-0.39, 0.29) is 5.28 Å². The standard InChI is InChI=1S/C14H14BrClN4/c15-12-9-17-14(16)19-13(12)18-10-3-5-11(6-4-10)20-7-1-2-8-20/h3-6,9H,1-2,7-8H2,(H,17,18,19). The second-order valence-electron chi connectivity index (χ2n) is 4.70. The van der Waals surface area contributed by atoms with Crippen LogP contribution >= 0.6 is 27.5 Å². The van der Waals surface area contributed by atoms with E-state index in [1.54, 1.807) is 6.20 Å². The molecule has 0 saturated carbocycles. The summed E-state index contributed by atoms with van der Waals surface area (Å²) in [7, 11) is 0. The van der Waals surface area contributed by atoms with Crippen molar-refractivity contribution in [1.29, 1.82) is 0 Å². The van der Waals surface area contributed by atoms with Crippen LogP contribution in [0, 0.1) is 0 Å². The van der Waals surface area contributed by atoms with Crippen molar-refractivity contribution >= 4 is 44.7 Å². The highest BCUT2D eigenvalue weighted by atomic mass is 79.9. The van der Waals surface area contributed by atoms with Crippen molar-refractivity contribution in [2.24, 2.45) is 0 Å². The van der Waals surface area contributed by atoms with Crippen molar-refractivity contribution in [2.75, 3.05) is 23.3 Å². The first-order valence-electron chi connectivity index (χ1n) is 6.52. The summed E-state index contributed by atoms with van der Waals surface area (Å²) in [6, 6.07) is 8.36. The van der Waals surface area contributed by atoms with Gasteiger partial charge in [-0.15, -0.1) is 0 Å². The molecule has 1 N–H and O–H groups in total. The fourth-order valence-corrected chi connectivity index (χ4v) is 2.72. The lowest BCUT2D eigenvalue weighted by atomic mass is 10.2. The molecule has 0 radical (unpaired) electrons. The number of nitrogens with zero attached hydrogens (tertiary/aromatic N) is 3. The lowest BCUT2D eigenvalue weighted by molar-refractivity contribution is 0.949. The average Bonchev–Trinajstić information content (AvgIpc) is 2.98. The van der Waals surface area contributed by atoms with Gasteiger partial charge in [-0.3, -0.25) is 0 Å². The minimum absolute atomic E-state index is 0.226. The molecule has 0 spiro atoms. The first kappa shape index (κ1) is 13.6. The normalized spacial score (nSPS) is 14.6. The molecule has 4 nitrogen and oxygen atoms in total. The second kappa shape index (κ2) is 5.97. The van der Waals surface area contributed by atoms with E-state index in [0.717, 1.165) is 23.2 Å². The number of hydrogen-bond donors (Lipinski definition) is 1. The van der Waals surface area contributed by atoms with E-state index in [1.807, 2.05) is 0 Å². The van der Waals surface area contributed by atoms with Gasteiger partial charge in [-0.25, -0.2) is 4.98 Å². The number of hydrogen-bond acceptors (Lipinski definition) is 4. The zero-order valence-corrected chi connectivity index (χ0v) is 13.2. The highest BCUT2D eigenvalue weighted by Crippen LogP contribution is 2.26. The lowest BCUT2D eigenvalue weighted by Gasteiger charge is -2.18. The molecule has 0 unspecified atom stereocenters. The van der Waals surface area contributed by atoms with Gasteiger partial charge in [0, 0.05) is 30.7 Å². The maximum Gasteiger partial charge on any atom is 0.224 e. The van der Waals surface area contributed by atoms with Crippen LogP contribution < -0.4 is 10.2 Å². The van der Waals surface area contributed by atoms with Gasteiger partial charge in [0.05, 0.1) is 4.47 Å². The van der Waals surface area contributed by atoms with E-state index in [1.165, 1.54) is 18.5 Å². The third-order valence-electron chi connectivity index (χ3n) is 3.32. The average molecular weight is 354 g/mol. The van der Waals surface area contributed by atoms with Gasteiger partial charge < -0.3 is 10.2 Å². The minimum atomic E-state index is 0.226. The number of benzene rings is 1.